The number of anilines is 1. The summed E-state index contributed by atoms with van der Waals surface area (Å²) in [5.41, 5.74) is 2.61. The Hall–Kier alpha value is -2.08. The van der Waals surface area contributed by atoms with E-state index in [1.165, 1.54) is 30.5 Å². The van der Waals surface area contributed by atoms with Crippen LogP contribution < -0.4 is 10.2 Å². The minimum absolute atomic E-state index is 0.00341. The maximum Gasteiger partial charge on any atom is 0.242 e. The fourth-order valence-electron chi connectivity index (χ4n) is 5.05. The number of amides is 2. The van der Waals surface area contributed by atoms with E-state index in [1.54, 1.807) is 0 Å². The van der Waals surface area contributed by atoms with Crippen molar-refractivity contribution in [1.82, 2.24) is 15.1 Å². The Morgan fingerprint density at radius 3 is 2.53 bits per heavy atom. The average molecular weight is 443 g/mol. The van der Waals surface area contributed by atoms with Gasteiger partial charge in [0.05, 0.1) is 0 Å². The Morgan fingerprint density at radius 2 is 1.81 bits per heavy atom. The molecule has 6 heteroatoms. The molecule has 0 bridgehead atoms. The number of hydrogen-bond acceptors (Lipinski definition) is 4. The number of hydrogen-bond donors (Lipinski definition) is 1. The molecule has 1 aliphatic heterocycles. The molecule has 1 atom stereocenters. The lowest BCUT2D eigenvalue weighted by atomic mass is 9.95. The highest BCUT2D eigenvalue weighted by atomic mass is 16.2. The standard InChI is InChI=1S/C26H42N4O2/c1-4-28(5-2)19-20-30(21(3)26(32)27-23-12-7-6-8-13-23)25(31)16-18-29-17-15-22-11-9-10-14-24(22)29/h9-11,14,21,23H,4-8,12-13,15-20H2,1-3H3,(H,27,32). The third-order valence-corrected chi connectivity index (χ3v) is 7.25. The van der Waals surface area contributed by atoms with Gasteiger partial charge in [-0.3, -0.25) is 9.59 Å². The van der Waals surface area contributed by atoms with Crippen molar-refractivity contribution in [2.24, 2.45) is 0 Å². The fourth-order valence-corrected chi connectivity index (χ4v) is 5.05. The van der Waals surface area contributed by atoms with E-state index in [9.17, 15) is 9.59 Å². The van der Waals surface area contributed by atoms with Crippen molar-refractivity contribution in [3.05, 3.63) is 29.8 Å². The van der Waals surface area contributed by atoms with Gasteiger partial charge >= 0.3 is 0 Å². The molecule has 0 aromatic heterocycles. The number of para-hydroxylation sites is 1. The summed E-state index contributed by atoms with van der Waals surface area (Å²) in [6.45, 7) is 11.1. The molecular weight excluding hydrogens is 400 g/mol. The number of nitrogens with one attached hydrogen (secondary N) is 1. The molecule has 0 saturated heterocycles. The van der Waals surface area contributed by atoms with Crippen LogP contribution in [-0.2, 0) is 16.0 Å². The highest BCUT2D eigenvalue weighted by Crippen LogP contribution is 2.27. The van der Waals surface area contributed by atoms with Crippen molar-refractivity contribution >= 4 is 17.5 Å². The first-order valence-electron chi connectivity index (χ1n) is 12.7. The van der Waals surface area contributed by atoms with Crippen LogP contribution in [0, 0.1) is 0 Å². The summed E-state index contributed by atoms with van der Waals surface area (Å²) in [4.78, 5) is 32.8. The molecule has 2 aliphatic rings. The molecule has 178 valence electrons. The molecular formula is C26H42N4O2. The van der Waals surface area contributed by atoms with Crippen LogP contribution in [0.3, 0.4) is 0 Å². The van der Waals surface area contributed by atoms with Crippen LogP contribution in [0.25, 0.3) is 0 Å². The van der Waals surface area contributed by atoms with Gasteiger partial charge in [0, 0.05) is 44.3 Å². The SMILES string of the molecule is CCN(CC)CCN(C(=O)CCN1CCc2ccccc21)C(C)C(=O)NC1CCCCC1. The van der Waals surface area contributed by atoms with E-state index in [0.717, 1.165) is 45.4 Å². The van der Waals surface area contributed by atoms with Crippen molar-refractivity contribution in [1.29, 1.82) is 0 Å². The topological polar surface area (TPSA) is 55.9 Å². The number of rotatable bonds is 11. The van der Waals surface area contributed by atoms with E-state index in [2.05, 4.69) is 53.2 Å². The van der Waals surface area contributed by atoms with Crippen molar-refractivity contribution < 1.29 is 9.59 Å². The molecule has 3 rings (SSSR count). The molecule has 0 spiro atoms. The monoisotopic (exact) mass is 442 g/mol. The highest BCUT2D eigenvalue weighted by Gasteiger charge is 2.29. The zero-order valence-corrected chi connectivity index (χ0v) is 20.3. The van der Waals surface area contributed by atoms with E-state index >= 15 is 0 Å². The van der Waals surface area contributed by atoms with Crippen molar-refractivity contribution in [3.63, 3.8) is 0 Å². The smallest absolute Gasteiger partial charge is 0.242 e. The molecule has 6 nitrogen and oxygen atoms in total. The third kappa shape index (κ3) is 6.47. The Kier molecular flexibility index (Phi) is 9.39. The van der Waals surface area contributed by atoms with E-state index in [4.69, 9.17) is 0 Å². The first-order chi connectivity index (χ1) is 15.5. The molecule has 1 N–H and O–H groups in total. The summed E-state index contributed by atoms with van der Waals surface area (Å²) < 4.78 is 0. The number of likely N-dealkylation sites (N-methyl/N-ethyl adjacent to an activating group) is 1. The summed E-state index contributed by atoms with van der Waals surface area (Å²) in [6.07, 6.45) is 7.21. The Labute approximate surface area is 194 Å². The Bertz CT molecular complexity index is 743. The Balaban J connectivity index is 1.61. The third-order valence-electron chi connectivity index (χ3n) is 7.25. The van der Waals surface area contributed by atoms with E-state index in [1.807, 2.05) is 11.8 Å². The lowest BCUT2D eigenvalue weighted by Crippen LogP contribution is -2.52. The average Bonchev–Trinajstić information content (AvgIpc) is 3.24. The lowest BCUT2D eigenvalue weighted by molar-refractivity contribution is -0.140. The number of fused-ring (bicyclic) bond motifs is 1. The minimum Gasteiger partial charge on any atom is -0.370 e. The molecule has 1 fully saturated rings. The number of benzene rings is 1. The number of carbonyl (C=O) groups is 2. The van der Waals surface area contributed by atoms with Crippen LogP contribution in [0.15, 0.2) is 24.3 Å². The maximum absolute atomic E-state index is 13.3. The van der Waals surface area contributed by atoms with Crippen LogP contribution in [0.4, 0.5) is 5.69 Å². The first-order valence-corrected chi connectivity index (χ1v) is 12.7. The summed E-state index contributed by atoms with van der Waals surface area (Å²) in [7, 11) is 0. The molecule has 1 unspecified atom stereocenters. The second-order valence-corrected chi connectivity index (χ2v) is 9.25. The second kappa shape index (κ2) is 12.2. The van der Waals surface area contributed by atoms with Crippen LogP contribution >= 0.6 is 0 Å². The van der Waals surface area contributed by atoms with Crippen LogP contribution in [-0.4, -0.2) is 73.0 Å². The van der Waals surface area contributed by atoms with Crippen LogP contribution in [0.5, 0.6) is 0 Å². The summed E-state index contributed by atoms with van der Waals surface area (Å²) in [5, 5.41) is 3.22. The molecule has 1 saturated carbocycles. The summed E-state index contributed by atoms with van der Waals surface area (Å²) >= 11 is 0. The van der Waals surface area contributed by atoms with Crippen LogP contribution in [0.2, 0.25) is 0 Å². The van der Waals surface area contributed by atoms with Gasteiger partial charge in [-0.25, -0.2) is 0 Å². The van der Waals surface area contributed by atoms with Crippen LogP contribution in [0.1, 0.15) is 64.9 Å². The molecule has 1 aliphatic carbocycles. The number of nitrogens with zero attached hydrogens (tertiary/aromatic N) is 3. The largest absolute Gasteiger partial charge is 0.370 e. The molecule has 2 amide bonds. The molecule has 1 aromatic carbocycles. The van der Waals surface area contributed by atoms with Crippen molar-refractivity contribution in [2.45, 2.75) is 77.8 Å². The molecule has 1 aromatic rings. The first kappa shape index (κ1) is 24.6. The van der Waals surface area contributed by atoms with Gasteiger partial charge in [0.15, 0.2) is 0 Å². The normalized spacial score (nSPS) is 17.3. The summed E-state index contributed by atoms with van der Waals surface area (Å²) in [5.74, 6) is 0.0733. The maximum atomic E-state index is 13.3. The van der Waals surface area contributed by atoms with E-state index in [0.29, 0.717) is 19.5 Å². The summed E-state index contributed by atoms with van der Waals surface area (Å²) in [6, 6.07) is 8.28. The Morgan fingerprint density at radius 1 is 1.09 bits per heavy atom. The molecule has 32 heavy (non-hydrogen) atoms. The van der Waals surface area contributed by atoms with Crippen molar-refractivity contribution in [2.75, 3.05) is 44.2 Å². The van der Waals surface area contributed by atoms with Crippen molar-refractivity contribution in [3.8, 4) is 0 Å². The predicted molar refractivity (Wildman–Crippen MR) is 131 cm³/mol. The van der Waals surface area contributed by atoms with E-state index < -0.39 is 6.04 Å². The van der Waals surface area contributed by atoms with Gasteiger partial charge in [0.25, 0.3) is 0 Å². The van der Waals surface area contributed by atoms with Gasteiger partial charge < -0.3 is 20.0 Å². The van der Waals surface area contributed by atoms with Gasteiger partial charge in [-0.2, -0.15) is 0 Å². The van der Waals surface area contributed by atoms with Gasteiger partial charge in [-0.05, 0) is 50.9 Å². The zero-order valence-electron chi connectivity index (χ0n) is 20.3. The molecule has 1 heterocycles. The van der Waals surface area contributed by atoms with Gasteiger partial charge in [0.2, 0.25) is 11.8 Å². The van der Waals surface area contributed by atoms with Gasteiger partial charge in [-0.15, -0.1) is 0 Å². The zero-order chi connectivity index (χ0) is 22.9. The van der Waals surface area contributed by atoms with E-state index in [-0.39, 0.29) is 17.9 Å². The quantitative estimate of drug-likeness (QED) is 0.570. The number of carbonyl (C=O) groups excluding carboxylic acids is 2. The van der Waals surface area contributed by atoms with Gasteiger partial charge in [-0.1, -0.05) is 51.3 Å². The van der Waals surface area contributed by atoms with Gasteiger partial charge in [0.1, 0.15) is 6.04 Å². The fraction of sp³-hybridized carbons (Fsp3) is 0.692. The lowest BCUT2D eigenvalue weighted by Gasteiger charge is -2.33. The predicted octanol–water partition coefficient (Wildman–Crippen LogP) is 3.45. The molecule has 0 radical (unpaired) electrons. The minimum atomic E-state index is -0.439. The second-order valence-electron chi connectivity index (χ2n) is 9.25. The highest BCUT2D eigenvalue weighted by molar-refractivity contribution is 5.87.